The Morgan fingerprint density at radius 3 is 2.38 bits per heavy atom. The summed E-state index contributed by atoms with van der Waals surface area (Å²) in [4.78, 5) is 29.3. The summed E-state index contributed by atoms with van der Waals surface area (Å²) in [7, 11) is 1.62. The Morgan fingerprint density at radius 1 is 1.06 bits per heavy atom. The van der Waals surface area contributed by atoms with Crippen molar-refractivity contribution in [2.24, 2.45) is 0 Å². The van der Waals surface area contributed by atoms with Crippen LogP contribution in [0.25, 0.3) is 0 Å². The number of para-hydroxylation sites is 1. The topological polar surface area (TPSA) is 61.9 Å². The number of hydrogen-bond donors (Lipinski definition) is 1. The molecule has 8 heteroatoms. The zero-order valence-corrected chi connectivity index (χ0v) is 20.2. The Balaban J connectivity index is 1.57. The fourth-order valence-corrected chi connectivity index (χ4v) is 4.34. The number of methoxy groups -OCH3 is 1. The molecule has 1 aliphatic heterocycles. The molecule has 0 aliphatic carbocycles. The second-order valence-electron chi connectivity index (χ2n) is 7.85. The van der Waals surface area contributed by atoms with Crippen molar-refractivity contribution in [3.63, 3.8) is 0 Å². The van der Waals surface area contributed by atoms with Crippen LogP contribution < -0.4 is 15.0 Å². The summed E-state index contributed by atoms with van der Waals surface area (Å²) >= 11 is 11.7. The number of rotatable bonds is 7. The van der Waals surface area contributed by atoms with E-state index in [4.69, 9.17) is 28.6 Å². The molecule has 1 unspecified atom stereocenters. The molecule has 174 valence electrons. The van der Waals surface area contributed by atoms with Crippen LogP contribution in [0.4, 0.5) is 11.4 Å². The van der Waals surface area contributed by atoms with Crippen molar-refractivity contribution < 1.29 is 14.3 Å². The number of hydrogen-bond acceptors (Lipinski definition) is 4. The molecule has 0 aromatic heterocycles. The Kier molecular flexibility index (Phi) is 7.45. The highest BCUT2D eigenvalue weighted by molar-refractivity contribution is 7.80. The predicted octanol–water partition coefficient (Wildman–Crippen LogP) is 4.92. The van der Waals surface area contributed by atoms with E-state index in [0.29, 0.717) is 28.8 Å². The van der Waals surface area contributed by atoms with Crippen molar-refractivity contribution >= 4 is 52.1 Å². The van der Waals surface area contributed by atoms with Gasteiger partial charge in [-0.15, -0.1) is 0 Å². The smallest absolute Gasteiger partial charge is 0.257 e. The van der Waals surface area contributed by atoms with Gasteiger partial charge in [-0.25, -0.2) is 4.90 Å². The molecule has 3 aromatic carbocycles. The largest absolute Gasteiger partial charge is 0.497 e. The van der Waals surface area contributed by atoms with Gasteiger partial charge in [0.15, 0.2) is 5.11 Å². The number of nitrogens with zero attached hydrogens (tertiary/aromatic N) is 2. The molecule has 2 amide bonds. The molecule has 1 fully saturated rings. The molecule has 6 nitrogen and oxygen atoms in total. The van der Waals surface area contributed by atoms with Crippen LogP contribution >= 0.6 is 23.8 Å². The van der Waals surface area contributed by atoms with Crippen LogP contribution in [0.15, 0.2) is 78.9 Å². The average Bonchev–Trinajstić information content (AvgIpc) is 3.14. The summed E-state index contributed by atoms with van der Waals surface area (Å²) in [6, 6.07) is 23.2. The van der Waals surface area contributed by atoms with Crippen molar-refractivity contribution in [2.45, 2.75) is 18.9 Å². The third-order valence-electron chi connectivity index (χ3n) is 5.67. The standard InChI is InChI=1S/C26H24ClN3O3S/c1-33-22-13-7-18(8-14-22)15-16-29(26(34)28-20-5-3-2-4-6-20)23-17-24(31)30(25(23)32)21-11-9-19(27)10-12-21/h2-14,23H,15-17H2,1H3,(H,28,34). The minimum absolute atomic E-state index is 0.0423. The summed E-state index contributed by atoms with van der Waals surface area (Å²) in [6.07, 6.45) is 0.681. The number of carbonyl (C=O) groups excluding carboxylic acids is 2. The zero-order valence-electron chi connectivity index (χ0n) is 18.6. The quantitative estimate of drug-likeness (QED) is 0.372. The second-order valence-corrected chi connectivity index (χ2v) is 8.67. The van der Waals surface area contributed by atoms with Crippen LogP contribution in [0.5, 0.6) is 5.75 Å². The van der Waals surface area contributed by atoms with E-state index < -0.39 is 6.04 Å². The highest BCUT2D eigenvalue weighted by Crippen LogP contribution is 2.28. The summed E-state index contributed by atoms with van der Waals surface area (Å²) in [5.74, 6) is 0.200. The van der Waals surface area contributed by atoms with Crippen molar-refractivity contribution in [1.82, 2.24) is 4.90 Å². The van der Waals surface area contributed by atoms with Crippen LogP contribution in [0, 0.1) is 0 Å². The minimum Gasteiger partial charge on any atom is -0.497 e. The lowest BCUT2D eigenvalue weighted by Gasteiger charge is -2.30. The number of imide groups is 1. The molecule has 1 N–H and O–H groups in total. The maximum atomic E-state index is 13.4. The molecular weight excluding hydrogens is 470 g/mol. The van der Waals surface area contributed by atoms with E-state index in [1.807, 2.05) is 59.5 Å². The van der Waals surface area contributed by atoms with Crippen molar-refractivity contribution in [1.29, 1.82) is 0 Å². The van der Waals surface area contributed by atoms with E-state index in [9.17, 15) is 9.59 Å². The van der Waals surface area contributed by atoms with Gasteiger partial charge < -0.3 is 15.0 Å². The van der Waals surface area contributed by atoms with Gasteiger partial charge in [0.25, 0.3) is 5.91 Å². The normalized spacial score (nSPS) is 15.4. The lowest BCUT2D eigenvalue weighted by Crippen LogP contribution is -2.48. The van der Waals surface area contributed by atoms with Gasteiger partial charge in [0.05, 0.1) is 19.2 Å². The van der Waals surface area contributed by atoms with Gasteiger partial charge in [0.1, 0.15) is 11.8 Å². The number of carbonyl (C=O) groups is 2. The molecule has 0 bridgehead atoms. The first-order valence-electron chi connectivity index (χ1n) is 10.8. The van der Waals surface area contributed by atoms with Crippen LogP contribution in [0.2, 0.25) is 5.02 Å². The number of amides is 2. The Morgan fingerprint density at radius 2 is 1.74 bits per heavy atom. The van der Waals surface area contributed by atoms with Gasteiger partial charge in [-0.05, 0) is 72.7 Å². The number of anilines is 2. The van der Waals surface area contributed by atoms with Crippen LogP contribution in [-0.2, 0) is 16.0 Å². The van der Waals surface area contributed by atoms with Gasteiger partial charge in [-0.1, -0.05) is 41.9 Å². The number of halogens is 1. The number of benzene rings is 3. The van der Waals surface area contributed by atoms with E-state index in [2.05, 4.69) is 5.32 Å². The van der Waals surface area contributed by atoms with Crippen molar-refractivity contribution in [2.75, 3.05) is 23.9 Å². The maximum Gasteiger partial charge on any atom is 0.257 e. The number of thiocarbonyl (C=S) groups is 1. The third-order valence-corrected chi connectivity index (χ3v) is 6.26. The molecule has 0 radical (unpaired) electrons. The SMILES string of the molecule is COc1ccc(CCN(C(=S)Nc2ccccc2)C2CC(=O)N(c3ccc(Cl)cc3)C2=O)cc1. The van der Waals surface area contributed by atoms with Crippen LogP contribution in [0.1, 0.15) is 12.0 Å². The van der Waals surface area contributed by atoms with E-state index in [1.54, 1.807) is 31.4 Å². The Hall–Kier alpha value is -3.42. The highest BCUT2D eigenvalue weighted by Gasteiger charge is 2.43. The molecule has 3 aromatic rings. The van der Waals surface area contributed by atoms with Gasteiger partial charge in [0.2, 0.25) is 5.91 Å². The van der Waals surface area contributed by atoms with E-state index >= 15 is 0 Å². The van der Waals surface area contributed by atoms with E-state index in [-0.39, 0.29) is 18.2 Å². The van der Waals surface area contributed by atoms with Crippen LogP contribution in [0.3, 0.4) is 0 Å². The number of nitrogens with one attached hydrogen (secondary N) is 1. The Labute approximate surface area is 209 Å². The molecule has 0 spiro atoms. The summed E-state index contributed by atoms with van der Waals surface area (Å²) < 4.78 is 5.23. The average molecular weight is 494 g/mol. The minimum atomic E-state index is -0.704. The molecular formula is C26H24ClN3O3S. The fourth-order valence-electron chi connectivity index (χ4n) is 3.88. The predicted molar refractivity (Wildman–Crippen MR) is 138 cm³/mol. The molecule has 1 saturated heterocycles. The fraction of sp³-hybridized carbons (Fsp3) is 0.192. The molecule has 1 atom stereocenters. The third kappa shape index (κ3) is 5.38. The lowest BCUT2D eigenvalue weighted by molar-refractivity contribution is -0.122. The van der Waals surface area contributed by atoms with Crippen LogP contribution in [-0.4, -0.2) is 41.5 Å². The summed E-state index contributed by atoms with van der Waals surface area (Å²) in [5.41, 5.74) is 2.38. The molecule has 1 heterocycles. The highest BCUT2D eigenvalue weighted by atomic mass is 35.5. The summed E-state index contributed by atoms with van der Waals surface area (Å²) in [6.45, 7) is 0.461. The summed E-state index contributed by atoms with van der Waals surface area (Å²) in [5, 5.41) is 4.14. The zero-order chi connectivity index (χ0) is 24.1. The molecule has 4 rings (SSSR count). The van der Waals surface area contributed by atoms with E-state index in [0.717, 1.165) is 17.0 Å². The van der Waals surface area contributed by atoms with Gasteiger partial charge in [-0.3, -0.25) is 9.59 Å². The second kappa shape index (κ2) is 10.7. The first-order valence-corrected chi connectivity index (χ1v) is 11.6. The van der Waals surface area contributed by atoms with Crippen molar-refractivity contribution in [3.8, 4) is 5.75 Å². The first kappa shape index (κ1) is 23.7. The van der Waals surface area contributed by atoms with Gasteiger partial charge in [0, 0.05) is 17.3 Å². The molecule has 1 aliphatic rings. The monoisotopic (exact) mass is 493 g/mol. The van der Waals surface area contributed by atoms with E-state index in [1.165, 1.54) is 4.90 Å². The Bertz CT molecular complexity index is 1170. The molecule has 34 heavy (non-hydrogen) atoms. The number of ether oxygens (including phenoxy) is 1. The van der Waals surface area contributed by atoms with Gasteiger partial charge in [-0.2, -0.15) is 0 Å². The van der Waals surface area contributed by atoms with Gasteiger partial charge >= 0.3 is 0 Å². The lowest BCUT2D eigenvalue weighted by atomic mass is 10.1. The molecule has 0 saturated carbocycles. The maximum absolute atomic E-state index is 13.4. The first-order chi connectivity index (χ1) is 16.5. The van der Waals surface area contributed by atoms with Crippen molar-refractivity contribution in [3.05, 3.63) is 89.4 Å².